The van der Waals surface area contributed by atoms with Gasteiger partial charge in [-0.25, -0.2) is 4.39 Å². The van der Waals surface area contributed by atoms with Crippen LogP contribution in [0.15, 0.2) is 18.2 Å². The van der Waals surface area contributed by atoms with E-state index >= 15 is 0 Å². The fourth-order valence-corrected chi connectivity index (χ4v) is 2.04. The van der Waals surface area contributed by atoms with Crippen molar-refractivity contribution >= 4 is 0 Å². The van der Waals surface area contributed by atoms with Crippen molar-refractivity contribution in [3.05, 3.63) is 35.1 Å². The molecule has 0 aromatic heterocycles. The van der Waals surface area contributed by atoms with Gasteiger partial charge in [0.1, 0.15) is 5.82 Å². The van der Waals surface area contributed by atoms with Gasteiger partial charge in [-0.05, 0) is 56.0 Å². The van der Waals surface area contributed by atoms with Crippen LogP contribution in [0.1, 0.15) is 36.4 Å². The number of halogens is 1. The van der Waals surface area contributed by atoms with Crippen LogP contribution in [0.2, 0.25) is 0 Å². The Labute approximate surface area is 108 Å². The van der Waals surface area contributed by atoms with E-state index in [1.54, 1.807) is 6.07 Å². The Morgan fingerprint density at radius 3 is 2.72 bits per heavy atom. The summed E-state index contributed by atoms with van der Waals surface area (Å²) in [5.41, 5.74) is 7.74. The van der Waals surface area contributed by atoms with Crippen LogP contribution in [0.3, 0.4) is 0 Å². The number of nitrogens with two attached hydrogens (primary N) is 1. The highest BCUT2D eigenvalue weighted by atomic mass is 19.1. The summed E-state index contributed by atoms with van der Waals surface area (Å²) in [4.78, 5) is 0. The predicted molar refractivity (Wildman–Crippen MR) is 71.9 cm³/mol. The van der Waals surface area contributed by atoms with E-state index in [-0.39, 0.29) is 18.5 Å². The maximum atomic E-state index is 13.0. The van der Waals surface area contributed by atoms with E-state index in [4.69, 9.17) is 10.8 Å². The normalized spacial score (nSPS) is 12.7. The molecule has 0 aliphatic carbocycles. The Morgan fingerprint density at radius 2 is 2.11 bits per heavy atom. The topological polar surface area (TPSA) is 58.3 Å². The van der Waals surface area contributed by atoms with Gasteiger partial charge in [0.15, 0.2) is 0 Å². The van der Waals surface area contributed by atoms with Gasteiger partial charge >= 0.3 is 0 Å². The summed E-state index contributed by atoms with van der Waals surface area (Å²) in [6.45, 7) is 3.50. The second-order valence-corrected chi connectivity index (χ2v) is 4.53. The summed E-state index contributed by atoms with van der Waals surface area (Å²) in [5.74, 6) is -0.213. The fraction of sp³-hybridized carbons (Fsp3) is 0.571. The van der Waals surface area contributed by atoms with E-state index in [1.807, 2.05) is 6.92 Å². The Bertz CT molecular complexity index is 358. The van der Waals surface area contributed by atoms with E-state index in [0.717, 1.165) is 36.9 Å². The van der Waals surface area contributed by atoms with Crippen LogP contribution < -0.4 is 11.1 Å². The quantitative estimate of drug-likeness (QED) is 0.621. The fourth-order valence-electron chi connectivity index (χ4n) is 2.04. The van der Waals surface area contributed by atoms with Crippen molar-refractivity contribution in [3.63, 3.8) is 0 Å². The molecule has 102 valence electrons. The molecule has 0 heterocycles. The lowest BCUT2D eigenvalue weighted by Crippen LogP contribution is -2.29. The Hall–Kier alpha value is -0.970. The summed E-state index contributed by atoms with van der Waals surface area (Å²) in [6.07, 6.45) is 2.85. The molecule has 18 heavy (non-hydrogen) atoms. The van der Waals surface area contributed by atoms with Crippen molar-refractivity contribution in [1.29, 1.82) is 0 Å². The van der Waals surface area contributed by atoms with Gasteiger partial charge in [-0.2, -0.15) is 0 Å². The smallest absolute Gasteiger partial charge is 0.123 e. The van der Waals surface area contributed by atoms with Crippen LogP contribution in [0.5, 0.6) is 0 Å². The number of benzene rings is 1. The molecule has 1 aromatic carbocycles. The van der Waals surface area contributed by atoms with E-state index in [1.165, 1.54) is 12.1 Å². The van der Waals surface area contributed by atoms with Gasteiger partial charge in [0.2, 0.25) is 0 Å². The molecule has 3 nitrogen and oxygen atoms in total. The van der Waals surface area contributed by atoms with Gasteiger partial charge in [-0.1, -0.05) is 6.07 Å². The highest BCUT2D eigenvalue weighted by Gasteiger charge is 2.11. The predicted octanol–water partition coefficient (Wildman–Crippen LogP) is 1.89. The minimum atomic E-state index is -0.213. The van der Waals surface area contributed by atoms with Gasteiger partial charge in [-0.15, -0.1) is 0 Å². The molecular weight excluding hydrogens is 231 g/mol. The van der Waals surface area contributed by atoms with Gasteiger partial charge in [0.05, 0.1) is 0 Å². The van der Waals surface area contributed by atoms with Crippen LogP contribution in [0.25, 0.3) is 0 Å². The number of unbranched alkanes of at least 4 members (excludes halogenated alkanes) is 2. The first-order chi connectivity index (χ1) is 8.69. The number of hydrogen-bond acceptors (Lipinski definition) is 3. The van der Waals surface area contributed by atoms with Crippen molar-refractivity contribution in [2.45, 2.75) is 32.2 Å². The molecule has 0 bridgehead atoms. The van der Waals surface area contributed by atoms with Crippen LogP contribution in [-0.2, 0) is 0 Å². The zero-order chi connectivity index (χ0) is 13.4. The van der Waals surface area contributed by atoms with E-state index in [2.05, 4.69) is 5.32 Å². The average Bonchev–Trinajstić information content (AvgIpc) is 2.35. The molecule has 4 heteroatoms. The number of aryl methyl sites for hydroxylation is 1. The molecule has 0 saturated heterocycles. The van der Waals surface area contributed by atoms with Crippen molar-refractivity contribution in [1.82, 2.24) is 5.32 Å². The molecule has 1 atom stereocenters. The van der Waals surface area contributed by atoms with E-state index in [0.29, 0.717) is 6.54 Å². The van der Waals surface area contributed by atoms with Gasteiger partial charge in [0.25, 0.3) is 0 Å². The standard InChI is InChI=1S/C14H23FN2O/c1-11-9-12(15)5-6-13(11)14(10-16)17-7-3-2-4-8-18/h5-6,9,14,17-18H,2-4,7-8,10,16H2,1H3. The molecule has 1 aromatic rings. The summed E-state index contributed by atoms with van der Waals surface area (Å²) in [5, 5.41) is 12.1. The summed E-state index contributed by atoms with van der Waals surface area (Å²) in [7, 11) is 0. The zero-order valence-electron chi connectivity index (χ0n) is 11.0. The minimum Gasteiger partial charge on any atom is -0.396 e. The number of rotatable bonds is 8. The second kappa shape index (κ2) is 8.19. The van der Waals surface area contributed by atoms with Crippen molar-refractivity contribution in [2.24, 2.45) is 5.73 Å². The van der Waals surface area contributed by atoms with Crippen LogP contribution in [0.4, 0.5) is 4.39 Å². The monoisotopic (exact) mass is 254 g/mol. The molecule has 1 rings (SSSR count). The number of hydrogen-bond donors (Lipinski definition) is 3. The molecular formula is C14H23FN2O. The molecule has 0 aliphatic rings. The third-order valence-electron chi connectivity index (χ3n) is 3.07. The van der Waals surface area contributed by atoms with Gasteiger partial charge in [0, 0.05) is 19.2 Å². The lowest BCUT2D eigenvalue weighted by molar-refractivity contribution is 0.282. The van der Waals surface area contributed by atoms with E-state index < -0.39 is 0 Å². The van der Waals surface area contributed by atoms with Crippen molar-refractivity contribution in [3.8, 4) is 0 Å². The number of nitrogens with one attached hydrogen (secondary N) is 1. The maximum Gasteiger partial charge on any atom is 0.123 e. The third kappa shape index (κ3) is 4.72. The van der Waals surface area contributed by atoms with Crippen LogP contribution in [0, 0.1) is 12.7 Å². The molecule has 1 unspecified atom stereocenters. The lowest BCUT2D eigenvalue weighted by atomic mass is 10.0. The first-order valence-electron chi connectivity index (χ1n) is 6.49. The zero-order valence-corrected chi connectivity index (χ0v) is 11.0. The molecule has 0 spiro atoms. The van der Waals surface area contributed by atoms with Gasteiger partial charge in [-0.3, -0.25) is 0 Å². The average molecular weight is 254 g/mol. The van der Waals surface area contributed by atoms with E-state index in [9.17, 15) is 4.39 Å². The SMILES string of the molecule is Cc1cc(F)ccc1C(CN)NCCCCCO. The second-order valence-electron chi connectivity index (χ2n) is 4.53. The highest BCUT2D eigenvalue weighted by molar-refractivity contribution is 5.29. The maximum absolute atomic E-state index is 13.0. The van der Waals surface area contributed by atoms with Crippen LogP contribution in [-0.4, -0.2) is 24.8 Å². The molecule has 0 radical (unpaired) electrons. The molecule has 0 amide bonds. The molecule has 4 N–H and O–H groups in total. The largest absolute Gasteiger partial charge is 0.396 e. The molecule has 0 aliphatic heterocycles. The molecule has 0 saturated carbocycles. The number of aliphatic hydroxyl groups is 1. The highest BCUT2D eigenvalue weighted by Crippen LogP contribution is 2.18. The van der Waals surface area contributed by atoms with Gasteiger partial charge < -0.3 is 16.2 Å². The Kier molecular flexibility index (Phi) is 6.86. The van der Waals surface area contributed by atoms with Crippen molar-refractivity contribution < 1.29 is 9.50 Å². The third-order valence-corrected chi connectivity index (χ3v) is 3.07. The summed E-state index contributed by atoms with van der Waals surface area (Å²) < 4.78 is 13.0. The number of aliphatic hydroxyl groups excluding tert-OH is 1. The summed E-state index contributed by atoms with van der Waals surface area (Å²) in [6, 6.07) is 4.87. The lowest BCUT2D eigenvalue weighted by Gasteiger charge is -2.19. The first kappa shape index (κ1) is 15.1. The Balaban J connectivity index is 2.49. The molecule has 0 fully saturated rings. The summed E-state index contributed by atoms with van der Waals surface area (Å²) >= 11 is 0. The van der Waals surface area contributed by atoms with Crippen molar-refractivity contribution in [2.75, 3.05) is 19.7 Å². The minimum absolute atomic E-state index is 0.0692. The first-order valence-corrected chi connectivity index (χ1v) is 6.49. The Morgan fingerprint density at radius 1 is 1.33 bits per heavy atom. The van der Waals surface area contributed by atoms with Crippen LogP contribution >= 0.6 is 0 Å².